The fourth-order valence-corrected chi connectivity index (χ4v) is 3.63. The number of carbonyl (C=O) groups is 1. The molecule has 158 valence electrons. The predicted molar refractivity (Wildman–Crippen MR) is 114 cm³/mol. The largest absolute Gasteiger partial charge is 0.466 e. The highest BCUT2D eigenvalue weighted by atomic mass is 16.5. The highest BCUT2D eigenvalue weighted by Gasteiger charge is 2.11. The average Bonchev–Trinajstić information content (AvgIpc) is 2.66. The van der Waals surface area contributed by atoms with Gasteiger partial charge in [0, 0.05) is 12.5 Å². The minimum absolute atomic E-state index is 0.0399. The van der Waals surface area contributed by atoms with Crippen LogP contribution in [0.4, 0.5) is 0 Å². The summed E-state index contributed by atoms with van der Waals surface area (Å²) in [6.07, 6.45) is 16.7. The van der Waals surface area contributed by atoms with Gasteiger partial charge in [-0.3, -0.25) is 9.79 Å². The van der Waals surface area contributed by atoms with Crippen molar-refractivity contribution in [3.8, 4) is 0 Å². The van der Waals surface area contributed by atoms with Gasteiger partial charge in [-0.25, -0.2) is 0 Å². The molecule has 0 saturated heterocycles. The van der Waals surface area contributed by atoms with E-state index in [0.29, 0.717) is 25.0 Å². The van der Waals surface area contributed by atoms with E-state index in [9.17, 15) is 4.79 Å². The zero-order valence-corrected chi connectivity index (χ0v) is 17.8. The fraction of sp³-hybridized carbons (Fsp3) is 0.909. The first kappa shape index (κ1) is 23.8. The molecule has 0 aromatic carbocycles. The number of nitrogens with one attached hydrogen (secondary N) is 1. The lowest BCUT2D eigenvalue weighted by atomic mass is 10.0. The molecule has 0 unspecified atom stereocenters. The number of esters is 1. The van der Waals surface area contributed by atoms with Crippen LogP contribution >= 0.6 is 0 Å². The quantitative estimate of drug-likeness (QED) is 0.387. The summed E-state index contributed by atoms with van der Waals surface area (Å²) >= 11 is 0. The first-order valence-corrected chi connectivity index (χ1v) is 11.4. The van der Waals surface area contributed by atoms with Crippen LogP contribution in [-0.2, 0) is 9.53 Å². The Kier molecular flexibility index (Phi) is 13.9. The van der Waals surface area contributed by atoms with Gasteiger partial charge < -0.3 is 15.8 Å². The van der Waals surface area contributed by atoms with Crippen LogP contribution in [0.3, 0.4) is 0 Å². The minimum atomic E-state index is -0.0399. The smallest absolute Gasteiger partial charge is 0.305 e. The van der Waals surface area contributed by atoms with Gasteiger partial charge in [-0.2, -0.15) is 0 Å². The second kappa shape index (κ2) is 15.8. The zero-order valence-electron chi connectivity index (χ0n) is 17.8. The molecule has 0 fully saturated rings. The molecule has 0 amide bonds. The Hall–Kier alpha value is -1.26. The van der Waals surface area contributed by atoms with Crippen molar-refractivity contribution in [2.45, 2.75) is 122 Å². The predicted octanol–water partition coefficient (Wildman–Crippen LogP) is 5.08. The summed E-state index contributed by atoms with van der Waals surface area (Å²) in [5.74, 6) is 0.547. The van der Waals surface area contributed by atoms with Crippen LogP contribution in [0.25, 0.3) is 0 Å². The van der Waals surface area contributed by atoms with Crippen molar-refractivity contribution in [1.82, 2.24) is 5.32 Å². The van der Waals surface area contributed by atoms with Gasteiger partial charge in [0.2, 0.25) is 0 Å². The Labute approximate surface area is 166 Å². The standard InChI is InChI=1S/C22H43N3O2/c1-3-4-5-6-11-17-21(26)27-18-13-12-16-20-15-10-8-7-9-14-19(2)24-22(23)25-20/h19-20H,3-18H2,1-2H3,(H3,23,24,25)/t19-,20-/m1/s1. The fourth-order valence-electron chi connectivity index (χ4n) is 3.63. The lowest BCUT2D eigenvalue weighted by Crippen LogP contribution is -2.39. The summed E-state index contributed by atoms with van der Waals surface area (Å²) in [7, 11) is 0. The Morgan fingerprint density at radius 2 is 1.81 bits per heavy atom. The molecule has 0 saturated carbocycles. The molecule has 0 aromatic heterocycles. The van der Waals surface area contributed by atoms with Crippen LogP contribution in [0.5, 0.6) is 0 Å². The van der Waals surface area contributed by atoms with Crippen LogP contribution < -0.4 is 11.1 Å². The number of ether oxygens (including phenoxy) is 1. The van der Waals surface area contributed by atoms with Gasteiger partial charge >= 0.3 is 5.97 Å². The first-order chi connectivity index (χ1) is 13.1. The van der Waals surface area contributed by atoms with E-state index >= 15 is 0 Å². The van der Waals surface area contributed by atoms with Crippen LogP contribution in [0.1, 0.15) is 110 Å². The van der Waals surface area contributed by atoms with Crippen molar-refractivity contribution in [2.75, 3.05) is 6.61 Å². The molecule has 5 nitrogen and oxygen atoms in total. The molecular formula is C22H43N3O2. The van der Waals surface area contributed by atoms with Crippen molar-refractivity contribution >= 4 is 11.9 Å². The van der Waals surface area contributed by atoms with Gasteiger partial charge in [0.1, 0.15) is 0 Å². The summed E-state index contributed by atoms with van der Waals surface area (Å²) in [6.45, 7) is 4.91. The topological polar surface area (TPSA) is 76.7 Å². The van der Waals surface area contributed by atoms with Crippen molar-refractivity contribution < 1.29 is 9.53 Å². The van der Waals surface area contributed by atoms with E-state index in [1.54, 1.807) is 0 Å². The molecule has 0 spiro atoms. The molecule has 1 aliphatic heterocycles. The molecule has 0 aliphatic carbocycles. The van der Waals surface area contributed by atoms with E-state index in [0.717, 1.165) is 44.9 Å². The number of nitrogens with zero attached hydrogens (tertiary/aromatic N) is 1. The zero-order chi connectivity index (χ0) is 19.7. The molecule has 5 heteroatoms. The van der Waals surface area contributed by atoms with Gasteiger partial charge in [0.05, 0.1) is 12.6 Å². The van der Waals surface area contributed by atoms with E-state index in [1.807, 2.05) is 0 Å². The van der Waals surface area contributed by atoms with Crippen LogP contribution in [0, 0.1) is 0 Å². The third-order valence-electron chi connectivity index (χ3n) is 5.32. The SMILES string of the molecule is CCCCCCCC(=O)OCCCC[C@H]1CCCCCC[C@@H](C)NC(N)=N1. The van der Waals surface area contributed by atoms with E-state index < -0.39 is 0 Å². The first-order valence-electron chi connectivity index (χ1n) is 11.4. The molecule has 0 aromatic rings. The number of hydrogen-bond donors (Lipinski definition) is 2. The minimum Gasteiger partial charge on any atom is -0.466 e. The second-order valence-electron chi connectivity index (χ2n) is 8.09. The van der Waals surface area contributed by atoms with Crippen molar-refractivity contribution in [3.63, 3.8) is 0 Å². The van der Waals surface area contributed by atoms with Crippen molar-refractivity contribution in [2.24, 2.45) is 10.7 Å². The number of carbonyl (C=O) groups excluding carboxylic acids is 1. The summed E-state index contributed by atoms with van der Waals surface area (Å²) in [5, 5.41) is 3.31. The summed E-state index contributed by atoms with van der Waals surface area (Å²) in [6, 6.07) is 0.686. The second-order valence-corrected chi connectivity index (χ2v) is 8.09. The molecule has 2 atom stereocenters. The Morgan fingerprint density at radius 1 is 1.07 bits per heavy atom. The van der Waals surface area contributed by atoms with Crippen LogP contribution in [0.2, 0.25) is 0 Å². The number of aliphatic imine (C=N–C) groups is 1. The van der Waals surface area contributed by atoms with Gasteiger partial charge in [0.25, 0.3) is 0 Å². The van der Waals surface area contributed by atoms with Gasteiger partial charge in [-0.05, 0) is 45.4 Å². The van der Waals surface area contributed by atoms with E-state index in [4.69, 9.17) is 15.5 Å². The Balaban J connectivity index is 2.17. The molecule has 27 heavy (non-hydrogen) atoms. The van der Waals surface area contributed by atoms with Crippen molar-refractivity contribution in [1.29, 1.82) is 0 Å². The normalized spacial score (nSPS) is 21.6. The molecular weight excluding hydrogens is 338 g/mol. The maximum atomic E-state index is 11.7. The molecule has 0 bridgehead atoms. The summed E-state index contributed by atoms with van der Waals surface area (Å²) < 4.78 is 5.36. The van der Waals surface area contributed by atoms with E-state index in [2.05, 4.69) is 19.2 Å². The third kappa shape index (κ3) is 13.5. The van der Waals surface area contributed by atoms with E-state index in [-0.39, 0.29) is 12.0 Å². The van der Waals surface area contributed by atoms with Crippen LogP contribution in [-0.4, -0.2) is 30.6 Å². The summed E-state index contributed by atoms with van der Waals surface area (Å²) in [5.41, 5.74) is 6.07. The van der Waals surface area contributed by atoms with Gasteiger partial charge in [-0.15, -0.1) is 0 Å². The number of rotatable bonds is 11. The molecule has 3 N–H and O–H groups in total. The monoisotopic (exact) mass is 381 g/mol. The maximum Gasteiger partial charge on any atom is 0.305 e. The van der Waals surface area contributed by atoms with Crippen LogP contribution in [0.15, 0.2) is 4.99 Å². The maximum absolute atomic E-state index is 11.7. The number of nitrogens with two attached hydrogens (primary N) is 1. The average molecular weight is 382 g/mol. The number of guanidine groups is 1. The summed E-state index contributed by atoms with van der Waals surface area (Å²) in [4.78, 5) is 16.4. The molecule has 1 aliphatic rings. The lowest BCUT2D eigenvalue weighted by Gasteiger charge is -2.16. The number of hydrogen-bond acceptors (Lipinski definition) is 5. The Morgan fingerprint density at radius 3 is 2.59 bits per heavy atom. The van der Waals surface area contributed by atoms with E-state index in [1.165, 1.54) is 44.9 Å². The van der Waals surface area contributed by atoms with Gasteiger partial charge in [0.15, 0.2) is 5.96 Å². The lowest BCUT2D eigenvalue weighted by molar-refractivity contribution is -0.143. The third-order valence-corrected chi connectivity index (χ3v) is 5.32. The van der Waals surface area contributed by atoms with Crippen molar-refractivity contribution in [3.05, 3.63) is 0 Å². The Bertz CT molecular complexity index is 412. The highest BCUT2D eigenvalue weighted by Crippen LogP contribution is 2.16. The molecule has 1 heterocycles. The number of unbranched alkanes of at least 4 members (excludes halogenated alkanes) is 5. The highest BCUT2D eigenvalue weighted by molar-refractivity contribution is 5.78. The van der Waals surface area contributed by atoms with Gasteiger partial charge in [-0.1, -0.05) is 58.3 Å². The molecule has 1 rings (SSSR count). The molecule has 0 radical (unpaired) electrons.